The number of hydrogen-bond donors (Lipinski definition) is 0. The fraction of sp³-hybridized carbons (Fsp3) is 0.597. The predicted molar refractivity (Wildman–Crippen MR) is 357 cm³/mol. The van der Waals surface area contributed by atoms with Gasteiger partial charge in [-0.2, -0.15) is 52.7 Å². The summed E-state index contributed by atoms with van der Waals surface area (Å²) in [5.41, 5.74) is -16.8. The molecule has 0 saturated carbocycles. The van der Waals surface area contributed by atoms with Gasteiger partial charge >= 0.3 is 54.6 Å². The number of unbranched alkanes of at least 4 members (excludes halogenated alkanes) is 10. The van der Waals surface area contributed by atoms with E-state index in [1.54, 1.807) is 0 Å². The fourth-order valence-corrected chi connectivity index (χ4v) is 14.2. The molecule has 2 saturated heterocycles. The number of ether oxygens (including phenoxy) is 11. The van der Waals surface area contributed by atoms with Crippen LogP contribution in [0.25, 0.3) is 0 Å². The first-order chi connectivity index (χ1) is 49.8. The van der Waals surface area contributed by atoms with Gasteiger partial charge in [-0.1, -0.05) is 180 Å². The zero-order chi connectivity index (χ0) is 76.9. The van der Waals surface area contributed by atoms with E-state index < -0.39 is 154 Å². The molecule has 13 atom stereocenters. The van der Waals surface area contributed by atoms with Crippen LogP contribution in [0.4, 0.5) is 52.7 Å². The van der Waals surface area contributed by atoms with Crippen molar-refractivity contribution < 1.29 is 129 Å². The molecule has 28 heteroatoms. The quantitative estimate of drug-likeness (QED) is 0.0177. The molecule has 4 aromatic carbocycles. The number of halogens is 12. The monoisotopic (exact) mass is 1500 g/mol. The Bertz CT molecular complexity index is 3400. The van der Waals surface area contributed by atoms with Gasteiger partial charge in [0.05, 0.1) is 24.4 Å². The average Bonchev–Trinajstić information content (AvgIpc) is 1.72. The molecule has 582 valence electrons. The van der Waals surface area contributed by atoms with E-state index in [9.17, 15) is 24.0 Å². The van der Waals surface area contributed by atoms with E-state index in [2.05, 4.69) is 6.92 Å². The molecule has 0 N–H and O–H groups in total. The second-order valence-electron chi connectivity index (χ2n) is 26.7. The standard InChI is InChI=1S/C77H94F12O16/c1-7-8-9-10-11-12-13-29-43-59(104-68(93)72(97-5,76(84,85)86)55-36-23-16-24-37-55)61-45-47-63(102-61)64-48-46-62(103-64)60(105-69(94)73(98-6,77(87,88)89)56-38-25-17-26-39-56)44-31-30-41-57(100-66(91)70(95-3,74(78,79)80)53-32-19-14-20-33-53)40-27-18-28-42-58(50-52-49-51(2)99-65(52)90)101-67(92)71(96-4,75(81,82)83)54-34-21-15-22-35-54/h14-17,19-26,32-39,49,51,57-64H,7-13,18,27-31,40-48,50H2,1-6H3/t51-,57+,58+,59+,60+,61+,62+,63+,64+,70-,71-,72-,73-/m0/s1. The van der Waals surface area contributed by atoms with Crippen LogP contribution in [0.3, 0.4) is 0 Å². The lowest BCUT2D eigenvalue weighted by molar-refractivity contribution is -0.281. The number of alkyl halides is 12. The molecule has 0 amide bonds. The fourth-order valence-electron chi connectivity index (χ4n) is 14.2. The van der Waals surface area contributed by atoms with Crippen molar-refractivity contribution in [3.05, 3.63) is 155 Å². The summed E-state index contributed by atoms with van der Waals surface area (Å²) in [5.74, 6) is -8.07. The maximum Gasteiger partial charge on any atom is 0.432 e. The summed E-state index contributed by atoms with van der Waals surface area (Å²) in [6.07, 6.45) is -23.6. The third kappa shape index (κ3) is 20.2. The highest BCUT2D eigenvalue weighted by Crippen LogP contribution is 2.49. The molecule has 105 heavy (non-hydrogen) atoms. The minimum absolute atomic E-state index is 0.0136. The Hall–Kier alpha value is -7.11. The first kappa shape index (κ1) is 85.1. The molecule has 2 fully saturated rings. The number of hydrogen-bond acceptors (Lipinski definition) is 16. The van der Waals surface area contributed by atoms with Crippen LogP contribution in [0.2, 0.25) is 0 Å². The molecule has 7 rings (SSSR count). The molecule has 0 aliphatic carbocycles. The van der Waals surface area contributed by atoms with Gasteiger partial charge in [0.2, 0.25) is 0 Å². The molecule has 3 aliphatic rings. The molecule has 4 aromatic rings. The van der Waals surface area contributed by atoms with E-state index in [1.165, 1.54) is 85.8 Å². The molecule has 0 bridgehead atoms. The number of benzene rings is 4. The largest absolute Gasteiger partial charge is 0.460 e. The van der Waals surface area contributed by atoms with Crippen LogP contribution in [0, 0.1) is 0 Å². The van der Waals surface area contributed by atoms with Gasteiger partial charge in [0.1, 0.15) is 30.5 Å². The van der Waals surface area contributed by atoms with Crippen molar-refractivity contribution in [2.24, 2.45) is 0 Å². The minimum atomic E-state index is -5.43. The number of cyclic esters (lactones) is 1. The van der Waals surface area contributed by atoms with Gasteiger partial charge in [-0.25, -0.2) is 24.0 Å². The van der Waals surface area contributed by atoms with Gasteiger partial charge in [0.15, 0.2) is 0 Å². The Labute approximate surface area is 603 Å². The lowest BCUT2D eigenvalue weighted by Gasteiger charge is -2.35. The molecular formula is C77H94F12O16. The summed E-state index contributed by atoms with van der Waals surface area (Å²) in [4.78, 5) is 69.6. The highest BCUT2D eigenvalue weighted by molar-refractivity contribution is 5.91. The smallest absolute Gasteiger partial charge is 0.432 e. The summed E-state index contributed by atoms with van der Waals surface area (Å²) in [5, 5.41) is 0. The molecule has 16 nitrogen and oxygen atoms in total. The van der Waals surface area contributed by atoms with E-state index in [1.807, 2.05) is 0 Å². The van der Waals surface area contributed by atoms with Gasteiger partial charge in [0.25, 0.3) is 22.4 Å². The van der Waals surface area contributed by atoms with Crippen molar-refractivity contribution in [3.8, 4) is 0 Å². The lowest BCUT2D eigenvalue weighted by atomic mass is 9.92. The van der Waals surface area contributed by atoms with Crippen molar-refractivity contribution in [3.63, 3.8) is 0 Å². The summed E-state index contributed by atoms with van der Waals surface area (Å²) in [6, 6.07) is 24.2. The van der Waals surface area contributed by atoms with Crippen LogP contribution in [-0.4, -0.2) is 138 Å². The van der Waals surface area contributed by atoms with Gasteiger partial charge in [-0.15, -0.1) is 0 Å². The summed E-state index contributed by atoms with van der Waals surface area (Å²) in [6.45, 7) is 3.63. The number of rotatable bonds is 41. The van der Waals surface area contributed by atoms with Crippen molar-refractivity contribution in [2.45, 2.75) is 264 Å². The zero-order valence-electron chi connectivity index (χ0n) is 59.7. The Morgan fingerprint density at radius 2 is 0.686 bits per heavy atom. The Balaban J connectivity index is 1.12. The van der Waals surface area contributed by atoms with Crippen molar-refractivity contribution >= 4 is 29.8 Å². The lowest BCUT2D eigenvalue weighted by Crippen LogP contribution is -2.53. The molecule has 0 spiro atoms. The van der Waals surface area contributed by atoms with E-state index in [-0.39, 0.29) is 102 Å². The van der Waals surface area contributed by atoms with Gasteiger partial charge < -0.3 is 52.1 Å². The van der Waals surface area contributed by atoms with Gasteiger partial charge in [-0.3, -0.25) is 0 Å². The molecule has 3 aliphatic heterocycles. The minimum Gasteiger partial charge on any atom is -0.460 e. The molecule has 0 radical (unpaired) electrons. The average molecular weight is 1500 g/mol. The summed E-state index contributed by atoms with van der Waals surface area (Å²) < 4.78 is 245. The highest BCUT2D eigenvalue weighted by atomic mass is 19.4. The van der Waals surface area contributed by atoms with Crippen molar-refractivity contribution in [2.75, 3.05) is 28.4 Å². The Morgan fingerprint density at radius 3 is 1.01 bits per heavy atom. The second kappa shape index (κ2) is 38.1. The third-order valence-corrected chi connectivity index (χ3v) is 19.8. The number of carbonyl (C=O) groups is 5. The van der Waals surface area contributed by atoms with Crippen LogP contribution in [0.5, 0.6) is 0 Å². The van der Waals surface area contributed by atoms with Crippen LogP contribution in [0.15, 0.2) is 133 Å². The zero-order valence-corrected chi connectivity index (χ0v) is 59.7. The number of methoxy groups -OCH3 is 4. The van der Waals surface area contributed by atoms with E-state index in [4.69, 9.17) is 52.1 Å². The maximum atomic E-state index is 15.5. The van der Waals surface area contributed by atoms with Crippen LogP contribution >= 0.6 is 0 Å². The topological polar surface area (TPSA) is 187 Å². The summed E-state index contributed by atoms with van der Waals surface area (Å²) >= 11 is 0. The molecule has 3 heterocycles. The van der Waals surface area contributed by atoms with Gasteiger partial charge in [-0.05, 0) is 103 Å². The Morgan fingerprint density at radius 1 is 0.400 bits per heavy atom. The number of carbonyl (C=O) groups excluding carboxylic acids is 5. The van der Waals surface area contributed by atoms with E-state index in [0.29, 0.717) is 34.2 Å². The predicted octanol–water partition coefficient (Wildman–Crippen LogP) is 17.4. The van der Waals surface area contributed by atoms with Crippen LogP contribution < -0.4 is 0 Å². The summed E-state index contributed by atoms with van der Waals surface area (Å²) in [7, 11) is 2.79. The first-order valence-corrected chi connectivity index (χ1v) is 35.6. The number of esters is 5. The normalized spacial score (nSPS) is 21.5. The van der Waals surface area contributed by atoms with E-state index in [0.717, 1.165) is 94.2 Å². The Kier molecular flexibility index (Phi) is 30.9. The first-order valence-electron chi connectivity index (χ1n) is 35.6. The van der Waals surface area contributed by atoms with E-state index >= 15 is 52.7 Å². The molecular weight excluding hydrogens is 1410 g/mol. The molecule has 0 aromatic heterocycles. The maximum absolute atomic E-state index is 15.5. The van der Waals surface area contributed by atoms with Crippen LogP contribution in [0.1, 0.15) is 184 Å². The van der Waals surface area contributed by atoms with Crippen molar-refractivity contribution in [1.82, 2.24) is 0 Å². The molecule has 0 unspecified atom stereocenters. The second-order valence-corrected chi connectivity index (χ2v) is 26.7. The third-order valence-electron chi connectivity index (χ3n) is 19.8. The van der Waals surface area contributed by atoms with Crippen molar-refractivity contribution in [1.29, 1.82) is 0 Å². The van der Waals surface area contributed by atoms with Gasteiger partial charge in [0, 0.05) is 62.7 Å². The highest BCUT2D eigenvalue weighted by Gasteiger charge is 2.68. The van der Waals surface area contributed by atoms with Crippen LogP contribution in [-0.2, 0) is 98.5 Å². The SMILES string of the molecule is CCCCCCCCCC[C@@H](OC(=O)[C@@](OC)(c1ccccc1)C(F)(F)F)[C@H]1CC[C@H]([C@H]2CC[C@H]([C@@H](CCCC[C@@H](CCCCC[C@H](CC3=C[C@H](C)OC3=O)OC(=O)[C@@](OC)(c3ccccc3)C(F)(F)F)OC(=O)[C@@](OC)(c3ccccc3)C(F)(F)F)OC(=O)[C@@](OC)(c3ccccc3)C(F)(F)F)O2)O1.